The van der Waals surface area contributed by atoms with Crippen LogP contribution in [-0.4, -0.2) is 38.1 Å². The normalized spacial score (nSPS) is 13.0. The number of rotatable bonds is 6. The van der Waals surface area contributed by atoms with Gasteiger partial charge in [0.2, 0.25) is 6.79 Å². The molecule has 0 bridgehead atoms. The number of hydrogen-bond acceptors (Lipinski definition) is 7. The number of hydrogen-bond donors (Lipinski definition) is 1. The first-order valence-electron chi connectivity index (χ1n) is 8.15. The molecule has 8 heteroatoms. The van der Waals surface area contributed by atoms with E-state index in [0.717, 1.165) is 4.90 Å². The quantitative estimate of drug-likeness (QED) is 0.599. The summed E-state index contributed by atoms with van der Waals surface area (Å²) in [7, 11) is 1.48. The molecule has 27 heavy (non-hydrogen) atoms. The summed E-state index contributed by atoms with van der Waals surface area (Å²) in [4.78, 5) is 25.7. The third kappa shape index (κ3) is 4.28. The Morgan fingerprint density at radius 2 is 1.93 bits per heavy atom. The zero-order valence-electron chi connectivity index (χ0n) is 15.1. The van der Waals surface area contributed by atoms with Gasteiger partial charge in [0.25, 0.3) is 5.91 Å². The van der Waals surface area contributed by atoms with Gasteiger partial charge in [-0.15, -0.1) is 11.8 Å². The van der Waals surface area contributed by atoms with E-state index in [4.69, 9.17) is 18.9 Å². The molecule has 3 rings (SSSR count). The Kier molecular flexibility index (Phi) is 5.75. The second-order valence-corrected chi connectivity index (χ2v) is 6.55. The zero-order valence-corrected chi connectivity index (χ0v) is 15.9. The number of fused-ring (bicyclic) bond motifs is 1. The van der Waals surface area contributed by atoms with E-state index in [1.54, 1.807) is 36.4 Å². The second-order valence-electron chi connectivity index (χ2n) is 5.67. The van der Waals surface area contributed by atoms with Crippen molar-refractivity contribution in [3.8, 4) is 17.2 Å². The summed E-state index contributed by atoms with van der Waals surface area (Å²) in [5.74, 6) is 0.481. The van der Waals surface area contributed by atoms with Crippen LogP contribution >= 0.6 is 11.8 Å². The van der Waals surface area contributed by atoms with Crippen LogP contribution in [0, 0.1) is 0 Å². The maximum absolute atomic E-state index is 12.4. The van der Waals surface area contributed by atoms with E-state index in [0.29, 0.717) is 22.9 Å². The second kappa shape index (κ2) is 8.22. The summed E-state index contributed by atoms with van der Waals surface area (Å²) in [5.41, 5.74) is 0.784. The van der Waals surface area contributed by atoms with Crippen LogP contribution in [0.5, 0.6) is 17.2 Å². The Balaban J connectivity index is 1.65. The molecule has 0 unspecified atom stereocenters. The van der Waals surface area contributed by atoms with Crippen LogP contribution in [0.15, 0.2) is 41.3 Å². The van der Waals surface area contributed by atoms with Crippen LogP contribution in [0.1, 0.15) is 17.3 Å². The molecule has 1 aliphatic heterocycles. The average molecular weight is 389 g/mol. The Labute approximate surface area is 160 Å². The lowest BCUT2D eigenvalue weighted by atomic mass is 10.2. The van der Waals surface area contributed by atoms with Gasteiger partial charge in [-0.25, -0.2) is 4.79 Å². The van der Waals surface area contributed by atoms with Gasteiger partial charge in [-0.2, -0.15) is 0 Å². The predicted molar refractivity (Wildman–Crippen MR) is 101 cm³/mol. The molecule has 0 radical (unpaired) electrons. The number of esters is 1. The summed E-state index contributed by atoms with van der Waals surface area (Å²) in [6.45, 7) is 1.65. The van der Waals surface area contributed by atoms with Crippen LogP contribution in [0.4, 0.5) is 5.69 Å². The highest BCUT2D eigenvalue weighted by molar-refractivity contribution is 7.98. The zero-order chi connectivity index (χ0) is 19.4. The Bertz CT molecular complexity index is 869. The van der Waals surface area contributed by atoms with Crippen LogP contribution in [0.3, 0.4) is 0 Å². The van der Waals surface area contributed by atoms with Crippen molar-refractivity contribution in [1.82, 2.24) is 0 Å². The fraction of sp³-hybridized carbons (Fsp3) is 0.263. The highest BCUT2D eigenvalue weighted by Gasteiger charge is 2.22. The van der Waals surface area contributed by atoms with E-state index in [9.17, 15) is 9.59 Å². The van der Waals surface area contributed by atoms with Gasteiger partial charge in [0.05, 0.1) is 7.11 Å². The number of ether oxygens (including phenoxy) is 4. The van der Waals surface area contributed by atoms with Crippen molar-refractivity contribution in [2.75, 3.05) is 25.5 Å². The molecule has 142 valence electrons. The topological polar surface area (TPSA) is 83.1 Å². The summed E-state index contributed by atoms with van der Waals surface area (Å²) in [5, 5.41) is 2.69. The van der Waals surface area contributed by atoms with Crippen LogP contribution in [-0.2, 0) is 9.53 Å². The molecule has 2 aromatic carbocycles. The van der Waals surface area contributed by atoms with Gasteiger partial charge in [0.15, 0.2) is 17.6 Å². The minimum Gasteiger partial charge on any atom is -0.496 e. The minimum atomic E-state index is -0.993. The lowest BCUT2D eigenvalue weighted by Gasteiger charge is -2.15. The minimum absolute atomic E-state index is 0.151. The molecule has 2 aromatic rings. The van der Waals surface area contributed by atoms with Crippen LogP contribution < -0.4 is 19.5 Å². The van der Waals surface area contributed by atoms with Gasteiger partial charge in [0.1, 0.15) is 11.3 Å². The molecule has 0 aliphatic carbocycles. The lowest BCUT2D eigenvalue weighted by Crippen LogP contribution is -2.30. The fourth-order valence-corrected chi connectivity index (χ4v) is 2.89. The van der Waals surface area contributed by atoms with E-state index >= 15 is 0 Å². The van der Waals surface area contributed by atoms with Crippen molar-refractivity contribution in [1.29, 1.82) is 0 Å². The first kappa shape index (κ1) is 18.9. The summed E-state index contributed by atoms with van der Waals surface area (Å²) in [6.07, 6.45) is 0.933. The maximum atomic E-state index is 12.4. The Morgan fingerprint density at radius 1 is 1.15 bits per heavy atom. The lowest BCUT2D eigenvalue weighted by molar-refractivity contribution is -0.123. The SMILES string of the molecule is COc1cc(SC)ccc1C(=O)O[C@@H](C)C(=O)Nc1ccc2c(c1)OCO2. The largest absolute Gasteiger partial charge is 0.496 e. The van der Waals surface area contributed by atoms with Gasteiger partial charge in [-0.1, -0.05) is 0 Å². The molecule has 0 saturated carbocycles. The molecule has 1 heterocycles. The molecular weight excluding hydrogens is 370 g/mol. The molecule has 0 saturated heterocycles. The number of thioether (sulfide) groups is 1. The standard InChI is InChI=1S/C19H19NO6S/c1-11(18(21)20-12-4-7-15-17(8-12)25-10-24-15)26-19(22)14-6-5-13(27-3)9-16(14)23-2/h4-9,11H,10H2,1-3H3,(H,20,21)/t11-/m0/s1. The van der Waals surface area contributed by atoms with Crippen molar-refractivity contribution < 1.29 is 28.5 Å². The van der Waals surface area contributed by atoms with Crippen molar-refractivity contribution in [2.45, 2.75) is 17.9 Å². The van der Waals surface area contributed by atoms with E-state index in [1.165, 1.54) is 25.8 Å². The number of benzene rings is 2. The molecule has 7 nitrogen and oxygen atoms in total. The van der Waals surface area contributed by atoms with E-state index in [2.05, 4.69) is 5.32 Å². The highest BCUT2D eigenvalue weighted by atomic mass is 32.2. The number of carbonyl (C=O) groups excluding carboxylic acids is 2. The third-order valence-electron chi connectivity index (χ3n) is 3.92. The number of anilines is 1. The molecule has 0 fully saturated rings. The molecule has 0 spiro atoms. The summed E-state index contributed by atoms with van der Waals surface area (Å²) < 4.78 is 21.0. The third-order valence-corrected chi connectivity index (χ3v) is 4.65. The average Bonchev–Trinajstić information content (AvgIpc) is 3.15. The monoisotopic (exact) mass is 389 g/mol. The van der Waals surface area contributed by atoms with Crippen LogP contribution in [0.25, 0.3) is 0 Å². The molecule has 1 aliphatic rings. The van der Waals surface area contributed by atoms with Gasteiger partial charge in [0, 0.05) is 16.6 Å². The van der Waals surface area contributed by atoms with E-state index < -0.39 is 18.0 Å². The van der Waals surface area contributed by atoms with Crippen molar-refractivity contribution in [2.24, 2.45) is 0 Å². The molecular formula is C19H19NO6S. The number of amides is 1. The van der Waals surface area contributed by atoms with Gasteiger partial charge in [-0.05, 0) is 43.5 Å². The number of carbonyl (C=O) groups is 2. The summed E-state index contributed by atoms with van der Waals surface area (Å²) >= 11 is 1.53. The van der Waals surface area contributed by atoms with Crippen molar-refractivity contribution >= 4 is 29.3 Å². The summed E-state index contributed by atoms with van der Waals surface area (Å²) in [6, 6.07) is 10.2. The van der Waals surface area contributed by atoms with Gasteiger partial charge >= 0.3 is 5.97 Å². The van der Waals surface area contributed by atoms with Crippen molar-refractivity contribution in [3.63, 3.8) is 0 Å². The van der Waals surface area contributed by atoms with E-state index in [1.807, 2.05) is 6.26 Å². The first-order chi connectivity index (χ1) is 13.0. The molecule has 1 atom stereocenters. The van der Waals surface area contributed by atoms with Crippen molar-refractivity contribution in [3.05, 3.63) is 42.0 Å². The van der Waals surface area contributed by atoms with Gasteiger partial charge < -0.3 is 24.3 Å². The molecule has 1 amide bonds. The predicted octanol–water partition coefficient (Wildman–Crippen LogP) is 3.33. The Morgan fingerprint density at radius 3 is 2.67 bits per heavy atom. The Hall–Kier alpha value is -2.87. The smallest absolute Gasteiger partial charge is 0.342 e. The van der Waals surface area contributed by atoms with Gasteiger partial charge in [-0.3, -0.25) is 4.79 Å². The number of methoxy groups -OCH3 is 1. The maximum Gasteiger partial charge on any atom is 0.342 e. The fourth-order valence-electron chi connectivity index (χ4n) is 2.46. The van der Waals surface area contributed by atoms with Crippen LogP contribution in [0.2, 0.25) is 0 Å². The highest BCUT2D eigenvalue weighted by Crippen LogP contribution is 2.34. The van der Waals surface area contributed by atoms with E-state index in [-0.39, 0.29) is 12.4 Å². The molecule has 1 N–H and O–H groups in total. The first-order valence-corrected chi connectivity index (χ1v) is 9.38. The molecule has 0 aromatic heterocycles. The number of nitrogens with one attached hydrogen (secondary N) is 1.